The summed E-state index contributed by atoms with van der Waals surface area (Å²) in [5.41, 5.74) is 6.25. The molecule has 0 atom stereocenters. The highest BCUT2D eigenvalue weighted by molar-refractivity contribution is 5.93. The SMILES string of the molecule is CCC1CCC(c2nc(C)c(C(=O)O)c(N)n2)CC1. The first-order valence-corrected chi connectivity index (χ1v) is 6.90. The number of nitrogens with two attached hydrogens (primary N) is 1. The highest BCUT2D eigenvalue weighted by Gasteiger charge is 2.25. The maximum Gasteiger partial charge on any atom is 0.341 e. The monoisotopic (exact) mass is 263 g/mol. The summed E-state index contributed by atoms with van der Waals surface area (Å²) in [6, 6.07) is 0. The third-order valence-corrected chi connectivity index (χ3v) is 4.14. The Morgan fingerprint density at radius 3 is 2.42 bits per heavy atom. The fraction of sp³-hybridized carbons (Fsp3) is 0.643. The van der Waals surface area contributed by atoms with Gasteiger partial charge in [-0.25, -0.2) is 14.8 Å². The number of aromatic nitrogens is 2. The van der Waals surface area contributed by atoms with Crippen LogP contribution in [0.4, 0.5) is 5.82 Å². The number of nitrogen functional groups attached to an aromatic ring is 1. The van der Waals surface area contributed by atoms with Crippen LogP contribution >= 0.6 is 0 Å². The average Bonchev–Trinajstić information content (AvgIpc) is 2.37. The van der Waals surface area contributed by atoms with Crippen molar-refractivity contribution in [2.75, 3.05) is 5.73 Å². The second kappa shape index (κ2) is 5.55. The Kier molecular flexibility index (Phi) is 4.02. The quantitative estimate of drug-likeness (QED) is 0.875. The van der Waals surface area contributed by atoms with Crippen LogP contribution in [0.2, 0.25) is 0 Å². The van der Waals surface area contributed by atoms with Crippen molar-refractivity contribution in [2.24, 2.45) is 5.92 Å². The smallest absolute Gasteiger partial charge is 0.341 e. The molecule has 104 valence electrons. The molecule has 3 N–H and O–H groups in total. The molecule has 1 aliphatic rings. The Morgan fingerprint density at radius 1 is 1.32 bits per heavy atom. The van der Waals surface area contributed by atoms with Crippen molar-refractivity contribution in [3.63, 3.8) is 0 Å². The van der Waals surface area contributed by atoms with E-state index < -0.39 is 5.97 Å². The van der Waals surface area contributed by atoms with Crippen LogP contribution < -0.4 is 5.73 Å². The highest BCUT2D eigenvalue weighted by Crippen LogP contribution is 2.36. The largest absolute Gasteiger partial charge is 0.477 e. The minimum atomic E-state index is -1.06. The molecule has 19 heavy (non-hydrogen) atoms. The lowest BCUT2D eigenvalue weighted by molar-refractivity contribution is 0.0696. The molecule has 0 aromatic carbocycles. The van der Waals surface area contributed by atoms with Crippen LogP contribution in [0, 0.1) is 12.8 Å². The lowest BCUT2D eigenvalue weighted by atomic mass is 9.80. The standard InChI is InChI=1S/C14H21N3O2/c1-3-9-4-6-10(7-5-9)13-16-8(2)11(14(18)19)12(15)17-13/h9-10H,3-7H2,1-2H3,(H,18,19)(H2,15,16,17). The van der Waals surface area contributed by atoms with E-state index in [4.69, 9.17) is 10.8 Å². The van der Waals surface area contributed by atoms with E-state index in [1.54, 1.807) is 6.92 Å². The third kappa shape index (κ3) is 2.85. The van der Waals surface area contributed by atoms with Gasteiger partial charge in [0, 0.05) is 5.92 Å². The van der Waals surface area contributed by atoms with Crippen molar-refractivity contribution in [1.29, 1.82) is 0 Å². The Hall–Kier alpha value is -1.65. The van der Waals surface area contributed by atoms with Crippen molar-refractivity contribution in [1.82, 2.24) is 9.97 Å². The van der Waals surface area contributed by atoms with Crippen LogP contribution in [-0.2, 0) is 0 Å². The molecule has 0 bridgehead atoms. The molecule has 5 heteroatoms. The number of rotatable bonds is 3. The van der Waals surface area contributed by atoms with E-state index in [0.29, 0.717) is 11.6 Å². The third-order valence-electron chi connectivity index (χ3n) is 4.14. The second-order valence-electron chi connectivity index (χ2n) is 5.36. The van der Waals surface area contributed by atoms with Gasteiger partial charge in [-0.3, -0.25) is 0 Å². The van der Waals surface area contributed by atoms with Crippen LogP contribution in [0.1, 0.15) is 66.8 Å². The summed E-state index contributed by atoms with van der Waals surface area (Å²) < 4.78 is 0. The van der Waals surface area contributed by atoms with Crippen LogP contribution in [0.25, 0.3) is 0 Å². The minimum Gasteiger partial charge on any atom is -0.477 e. The van der Waals surface area contributed by atoms with Crippen molar-refractivity contribution >= 4 is 11.8 Å². The van der Waals surface area contributed by atoms with E-state index in [-0.39, 0.29) is 11.4 Å². The summed E-state index contributed by atoms with van der Waals surface area (Å²) in [6.07, 6.45) is 5.77. The minimum absolute atomic E-state index is 0.0333. The molecule has 0 aliphatic heterocycles. The normalized spacial score (nSPS) is 23.3. The maximum absolute atomic E-state index is 11.1. The van der Waals surface area contributed by atoms with Gasteiger partial charge in [-0.15, -0.1) is 0 Å². The lowest BCUT2D eigenvalue weighted by Crippen LogP contribution is -2.18. The molecule has 0 unspecified atom stereocenters. The number of carboxylic acids is 1. The molecule has 5 nitrogen and oxygen atoms in total. The van der Waals surface area contributed by atoms with Crippen molar-refractivity contribution in [3.05, 3.63) is 17.1 Å². The fourth-order valence-corrected chi connectivity index (χ4v) is 2.89. The molecule has 1 aromatic heterocycles. The molecule has 2 rings (SSSR count). The molecule has 1 aliphatic carbocycles. The molecule has 1 aromatic rings. The number of carboxylic acid groups (broad SMARTS) is 1. The fourth-order valence-electron chi connectivity index (χ4n) is 2.89. The number of carbonyl (C=O) groups is 1. The lowest BCUT2D eigenvalue weighted by Gasteiger charge is -2.27. The topological polar surface area (TPSA) is 89.1 Å². The van der Waals surface area contributed by atoms with Gasteiger partial charge in [-0.2, -0.15) is 0 Å². The molecule has 1 saturated carbocycles. The summed E-state index contributed by atoms with van der Waals surface area (Å²) >= 11 is 0. The van der Waals surface area contributed by atoms with Gasteiger partial charge in [0.2, 0.25) is 0 Å². The molecule has 0 radical (unpaired) electrons. The number of nitrogens with zero attached hydrogens (tertiary/aromatic N) is 2. The molecule has 0 amide bonds. The zero-order chi connectivity index (χ0) is 14.0. The first kappa shape index (κ1) is 13.8. The first-order valence-electron chi connectivity index (χ1n) is 6.90. The number of aromatic carboxylic acids is 1. The second-order valence-corrected chi connectivity index (χ2v) is 5.36. The molecule has 0 saturated heterocycles. The van der Waals surface area contributed by atoms with Gasteiger partial charge in [0.05, 0.1) is 5.69 Å². The first-order chi connectivity index (χ1) is 9.02. The van der Waals surface area contributed by atoms with Crippen LogP contribution in [-0.4, -0.2) is 21.0 Å². The predicted molar refractivity (Wildman–Crippen MR) is 73.1 cm³/mol. The van der Waals surface area contributed by atoms with Crippen LogP contribution in [0.15, 0.2) is 0 Å². The zero-order valence-corrected chi connectivity index (χ0v) is 11.5. The molecule has 0 spiro atoms. The Morgan fingerprint density at radius 2 is 1.95 bits per heavy atom. The average molecular weight is 263 g/mol. The van der Waals surface area contributed by atoms with Gasteiger partial charge >= 0.3 is 5.97 Å². The summed E-state index contributed by atoms with van der Waals surface area (Å²) in [6.45, 7) is 3.91. The van der Waals surface area contributed by atoms with Crippen molar-refractivity contribution in [2.45, 2.75) is 51.9 Å². The Labute approximate surface area is 113 Å². The van der Waals surface area contributed by atoms with E-state index in [2.05, 4.69) is 16.9 Å². The van der Waals surface area contributed by atoms with Crippen molar-refractivity contribution < 1.29 is 9.90 Å². The number of hydrogen-bond acceptors (Lipinski definition) is 4. The van der Waals surface area contributed by atoms with Gasteiger partial charge in [-0.05, 0) is 38.5 Å². The van der Waals surface area contributed by atoms with E-state index >= 15 is 0 Å². The number of aryl methyl sites for hydroxylation is 1. The molecular weight excluding hydrogens is 242 g/mol. The highest BCUT2D eigenvalue weighted by atomic mass is 16.4. The molecular formula is C14H21N3O2. The predicted octanol–water partition coefficient (Wildman–Crippen LogP) is 2.75. The van der Waals surface area contributed by atoms with Gasteiger partial charge < -0.3 is 10.8 Å². The number of hydrogen-bond donors (Lipinski definition) is 2. The van der Waals surface area contributed by atoms with Gasteiger partial charge in [0.15, 0.2) is 0 Å². The molecule has 1 heterocycles. The molecule has 1 fully saturated rings. The van der Waals surface area contributed by atoms with Gasteiger partial charge in [0.1, 0.15) is 17.2 Å². The summed E-state index contributed by atoms with van der Waals surface area (Å²) in [4.78, 5) is 19.6. The Bertz CT molecular complexity index is 457. The number of anilines is 1. The van der Waals surface area contributed by atoms with Crippen LogP contribution in [0.5, 0.6) is 0 Å². The Balaban J connectivity index is 2.21. The van der Waals surface area contributed by atoms with E-state index in [9.17, 15) is 4.79 Å². The maximum atomic E-state index is 11.1. The van der Waals surface area contributed by atoms with Gasteiger partial charge in [-0.1, -0.05) is 13.3 Å². The zero-order valence-electron chi connectivity index (χ0n) is 11.5. The van der Waals surface area contributed by atoms with Crippen LogP contribution in [0.3, 0.4) is 0 Å². The summed E-state index contributed by atoms with van der Waals surface area (Å²) in [7, 11) is 0. The van der Waals surface area contributed by atoms with E-state index in [1.807, 2.05) is 0 Å². The summed E-state index contributed by atoms with van der Waals surface area (Å²) in [5, 5.41) is 9.05. The van der Waals surface area contributed by atoms with E-state index in [0.717, 1.165) is 24.6 Å². The summed E-state index contributed by atoms with van der Waals surface area (Å²) in [5.74, 6) is 0.887. The van der Waals surface area contributed by atoms with Crippen molar-refractivity contribution in [3.8, 4) is 0 Å². The van der Waals surface area contributed by atoms with E-state index in [1.165, 1.54) is 19.3 Å². The van der Waals surface area contributed by atoms with Gasteiger partial charge in [0.25, 0.3) is 0 Å².